The molecule has 5 rings (SSSR count). The van der Waals surface area contributed by atoms with Gasteiger partial charge < -0.3 is 9.47 Å². The highest BCUT2D eigenvalue weighted by Crippen LogP contribution is 2.31. The number of benzene rings is 1. The molecule has 9 nitrogen and oxygen atoms in total. The van der Waals surface area contributed by atoms with E-state index in [0.717, 1.165) is 29.5 Å². The number of amides is 1. The van der Waals surface area contributed by atoms with E-state index < -0.39 is 9.84 Å². The van der Waals surface area contributed by atoms with E-state index in [9.17, 15) is 13.2 Å². The van der Waals surface area contributed by atoms with Crippen LogP contribution in [0.3, 0.4) is 0 Å². The first kappa shape index (κ1) is 22.8. The number of fused-ring (bicyclic) bond motifs is 2. The normalized spacial score (nSPS) is 16.9. The second-order valence-corrected chi connectivity index (χ2v) is 11.4. The van der Waals surface area contributed by atoms with Gasteiger partial charge in [0.1, 0.15) is 5.82 Å². The topological polar surface area (TPSA) is 103 Å². The lowest BCUT2D eigenvalue weighted by molar-refractivity contribution is -0.133. The Morgan fingerprint density at radius 2 is 2.03 bits per heavy atom. The van der Waals surface area contributed by atoms with Gasteiger partial charge in [-0.2, -0.15) is 5.10 Å². The third kappa shape index (κ3) is 3.94. The number of sulfone groups is 1. The van der Waals surface area contributed by atoms with E-state index in [1.165, 1.54) is 0 Å². The highest BCUT2D eigenvalue weighted by atomic mass is 35.5. The van der Waals surface area contributed by atoms with Crippen molar-refractivity contribution in [3.05, 3.63) is 47.5 Å². The number of likely N-dealkylation sites (tertiary alicyclic amines) is 1. The first-order valence-corrected chi connectivity index (χ1v) is 13.4. The number of halogens is 1. The lowest BCUT2D eigenvalue weighted by Gasteiger charge is -2.20. The molecular weight excluding hydrogens is 476 g/mol. The molecule has 1 aliphatic heterocycles. The molecule has 1 aromatic carbocycles. The van der Waals surface area contributed by atoms with Gasteiger partial charge in [0.25, 0.3) is 0 Å². The van der Waals surface area contributed by atoms with Gasteiger partial charge >= 0.3 is 0 Å². The summed E-state index contributed by atoms with van der Waals surface area (Å²) in [6, 6.07) is 7.27. The minimum atomic E-state index is -3.53. The SMILES string of the molecule is CC(C)C(=O)N1CCC(n2c(Cn3nc(S(C)(=O)=O)c4ccncc43)nc3cc(Cl)ccc32)C1. The fourth-order valence-corrected chi connectivity index (χ4v) is 5.66. The van der Waals surface area contributed by atoms with Gasteiger partial charge in [-0.3, -0.25) is 14.5 Å². The Morgan fingerprint density at radius 1 is 1.24 bits per heavy atom. The van der Waals surface area contributed by atoms with Gasteiger partial charge in [0.05, 0.1) is 35.3 Å². The fraction of sp³-hybridized carbons (Fsp3) is 0.391. The molecule has 0 N–H and O–H groups in total. The van der Waals surface area contributed by atoms with Crippen LogP contribution in [0.2, 0.25) is 5.02 Å². The molecule has 1 fully saturated rings. The molecule has 1 atom stereocenters. The Labute approximate surface area is 202 Å². The minimum Gasteiger partial charge on any atom is -0.340 e. The number of aromatic nitrogens is 5. The van der Waals surface area contributed by atoms with Crippen molar-refractivity contribution >= 4 is 49.3 Å². The molecule has 1 unspecified atom stereocenters. The van der Waals surface area contributed by atoms with Crippen LogP contribution in [-0.2, 0) is 21.2 Å². The van der Waals surface area contributed by atoms with Crippen molar-refractivity contribution < 1.29 is 13.2 Å². The van der Waals surface area contributed by atoms with Crippen LogP contribution < -0.4 is 0 Å². The Morgan fingerprint density at radius 3 is 2.76 bits per heavy atom. The molecule has 4 aromatic rings. The molecule has 178 valence electrons. The van der Waals surface area contributed by atoms with Crippen LogP contribution in [-0.4, -0.2) is 62.9 Å². The predicted molar refractivity (Wildman–Crippen MR) is 130 cm³/mol. The summed E-state index contributed by atoms with van der Waals surface area (Å²) in [5.41, 5.74) is 2.28. The van der Waals surface area contributed by atoms with Crippen LogP contribution >= 0.6 is 11.6 Å². The molecule has 3 aromatic heterocycles. The highest BCUT2D eigenvalue weighted by Gasteiger charge is 2.31. The van der Waals surface area contributed by atoms with E-state index in [2.05, 4.69) is 14.6 Å². The Balaban J connectivity index is 1.61. The van der Waals surface area contributed by atoms with E-state index in [4.69, 9.17) is 16.6 Å². The summed E-state index contributed by atoms with van der Waals surface area (Å²) in [4.78, 5) is 23.5. The molecule has 4 heterocycles. The molecule has 34 heavy (non-hydrogen) atoms. The Hall–Kier alpha value is -2.98. The second kappa shape index (κ2) is 8.35. The predicted octanol–water partition coefficient (Wildman–Crippen LogP) is 3.32. The van der Waals surface area contributed by atoms with Gasteiger partial charge in [0.15, 0.2) is 14.9 Å². The van der Waals surface area contributed by atoms with Gasteiger partial charge in [-0.05, 0) is 30.7 Å². The lowest BCUT2D eigenvalue weighted by atomic mass is 10.2. The maximum absolute atomic E-state index is 12.6. The van der Waals surface area contributed by atoms with Gasteiger partial charge in [-0.25, -0.2) is 13.4 Å². The van der Waals surface area contributed by atoms with Gasteiger partial charge in [0, 0.05) is 41.9 Å². The molecule has 1 aliphatic rings. The van der Waals surface area contributed by atoms with Gasteiger partial charge in [0.2, 0.25) is 5.91 Å². The monoisotopic (exact) mass is 500 g/mol. The quantitative estimate of drug-likeness (QED) is 0.416. The number of rotatable bonds is 5. The third-order valence-corrected chi connectivity index (χ3v) is 7.46. The van der Waals surface area contributed by atoms with Crippen molar-refractivity contribution in [1.82, 2.24) is 29.2 Å². The van der Waals surface area contributed by atoms with Crippen molar-refractivity contribution in [3.8, 4) is 0 Å². The summed E-state index contributed by atoms with van der Waals surface area (Å²) in [5.74, 6) is 0.793. The van der Waals surface area contributed by atoms with Crippen molar-refractivity contribution in [2.45, 2.75) is 37.9 Å². The van der Waals surface area contributed by atoms with Crippen LogP contribution in [0.25, 0.3) is 21.9 Å². The zero-order chi connectivity index (χ0) is 24.2. The van der Waals surface area contributed by atoms with Crippen molar-refractivity contribution in [3.63, 3.8) is 0 Å². The number of carbonyl (C=O) groups excluding carboxylic acids is 1. The van der Waals surface area contributed by atoms with Crippen LogP contribution in [0.5, 0.6) is 0 Å². The molecular formula is C23H25ClN6O3S. The minimum absolute atomic E-state index is 0.0187. The highest BCUT2D eigenvalue weighted by molar-refractivity contribution is 7.90. The summed E-state index contributed by atoms with van der Waals surface area (Å²) in [7, 11) is -3.53. The van der Waals surface area contributed by atoms with Crippen molar-refractivity contribution in [1.29, 1.82) is 0 Å². The summed E-state index contributed by atoms with van der Waals surface area (Å²) in [6.07, 6.45) is 5.11. The number of hydrogen-bond acceptors (Lipinski definition) is 6. The Kier molecular flexibility index (Phi) is 5.60. The molecule has 0 spiro atoms. The van der Waals surface area contributed by atoms with Crippen LogP contribution in [0.1, 0.15) is 32.1 Å². The Bertz CT molecular complexity index is 1520. The van der Waals surface area contributed by atoms with Crippen LogP contribution in [0.15, 0.2) is 41.7 Å². The molecule has 1 saturated heterocycles. The first-order chi connectivity index (χ1) is 16.1. The number of pyridine rings is 1. The standard InChI is InChI=1S/C23H25ClN6O3S/c1-14(2)23(31)28-9-7-16(12-28)30-19-5-4-15(24)10-18(19)26-21(30)13-29-20-11-25-8-6-17(20)22(27-29)34(3,32)33/h4-6,8,10-11,14,16H,7,9,12-13H2,1-3H3. The third-order valence-electron chi connectivity index (χ3n) is 6.22. The number of nitrogens with zero attached hydrogens (tertiary/aromatic N) is 6. The average Bonchev–Trinajstić information content (AvgIpc) is 3.48. The van der Waals surface area contributed by atoms with Crippen LogP contribution in [0, 0.1) is 5.92 Å². The number of hydrogen-bond donors (Lipinski definition) is 0. The second-order valence-electron chi connectivity index (χ2n) is 9.04. The average molecular weight is 501 g/mol. The van der Waals surface area contributed by atoms with Crippen molar-refractivity contribution in [2.24, 2.45) is 5.92 Å². The smallest absolute Gasteiger partial charge is 0.225 e. The largest absolute Gasteiger partial charge is 0.340 e. The van der Waals surface area contributed by atoms with E-state index in [1.807, 2.05) is 36.9 Å². The fourth-order valence-electron chi connectivity index (χ4n) is 4.68. The van der Waals surface area contributed by atoms with Gasteiger partial charge in [-0.15, -0.1) is 0 Å². The number of imidazole rings is 1. The lowest BCUT2D eigenvalue weighted by Crippen LogP contribution is -2.32. The molecule has 0 radical (unpaired) electrons. The number of carbonyl (C=O) groups is 1. The van der Waals surface area contributed by atoms with Gasteiger partial charge in [-0.1, -0.05) is 25.4 Å². The maximum atomic E-state index is 12.6. The zero-order valence-corrected chi connectivity index (χ0v) is 20.7. The zero-order valence-electron chi connectivity index (χ0n) is 19.1. The van der Waals surface area contributed by atoms with E-state index >= 15 is 0 Å². The van der Waals surface area contributed by atoms with E-state index in [-0.39, 0.29) is 29.4 Å². The van der Waals surface area contributed by atoms with Crippen LogP contribution in [0.4, 0.5) is 0 Å². The molecule has 0 aliphatic carbocycles. The summed E-state index contributed by atoms with van der Waals surface area (Å²) in [6.45, 7) is 5.34. The maximum Gasteiger partial charge on any atom is 0.225 e. The summed E-state index contributed by atoms with van der Waals surface area (Å²) in [5, 5.41) is 5.55. The molecule has 1 amide bonds. The van der Waals surface area contributed by atoms with E-state index in [1.54, 1.807) is 23.1 Å². The molecule has 0 bridgehead atoms. The summed E-state index contributed by atoms with van der Waals surface area (Å²) < 4.78 is 28.5. The molecule has 11 heteroatoms. The first-order valence-electron chi connectivity index (χ1n) is 11.1. The van der Waals surface area contributed by atoms with Crippen molar-refractivity contribution in [2.75, 3.05) is 19.3 Å². The summed E-state index contributed by atoms with van der Waals surface area (Å²) >= 11 is 6.24. The van der Waals surface area contributed by atoms with E-state index in [0.29, 0.717) is 29.0 Å². The molecule has 0 saturated carbocycles.